The summed E-state index contributed by atoms with van der Waals surface area (Å²) >= 11 is 0. The Bertz CT molecular complexity index is 987. The third kappa shape index (κ3) is 3.99. The van der Waals surface area contributed by atoms with Crippen molar-refractivity contribution in [2.24, 2.45) is 0 Å². The fourth-order valence-electron chi connectivity index (χ4n) is 2.81. The minimum absolute atomic E-state index is 0.000462. The van der Waals surface area contributed by atoms with Crippen LogP contribution in [0.1, 0.15) is 48.8 Å². The molecular formula is C21H21F3N2O. The van der Waals surface area contributed by atoms with Crippen LogP contribution in [0.3, 0.4) is 0 Å². The molecule has 0 saturated carbocycles. The molecule has 3 rings (SSSR count). The van der Waals surface area contributed by atoms with E-state index in [0.29, 0.717) is 5.69 Å². The predicted octanol–water partition coefficient (Wildman–Crippen LogP) is 6.13. The molecule has 142 valence electrons. The number of nitrogens with one attached hydrogen (secondary N) is 2. The molecule has 1 heterocycles. The zero-order valence-corrected chi connectivity index (χ0v) is 15.4. The Labute approximate surface area is 155 Å². The van der Waals surface area contributed by atoms with Crippen molar-refractivity contribution in [2.75, 3.05) is 5.32 Å². The van der Waals surface area contributed by atoms with Crippen molar-refractivity contribution in [3.05, 3.63) is 65.4 Å². The van der Waals surface area contributed by atoms with Crippen molar-refractivity contribution < 1.29 is 18.0 Å². The summed E-state index contributed by atoms with van der Waals surface area (Å²) in [5.41, 5.74) is 1.70. The van der Waals surface area contributed by atoms with Crippen LogP contribution in [0.15, 0.2) is 48.5 Å². The van der Waals surface area contributed by atoms with Crippen LogP contribution in [0.2, 0.25) is 0 Å². The van der Waals surface area contributed by atoms with E-state index in [1.807, 2.05) is 18.2 Å². The summed E-state index contributed by atoms with van der Waals surface area (Å²) < 4.78 is 38.5. The molecule has 0 spiro atoms. The van der Waals surface area contributed by atoms with E-state index in [4.69, 9.17) is 0 Å². The second kappa shape index (κ2) is 6.76. The lowest BCUT2D eigenvalue weighted by atomic mass is 9.86. The number of aromatic amines is 1. The first-order chi connectivity index (χ1) is 12.6. The van der Waals surface area contributed by atoms with Crippen molar-refractivity contribution in [2.45, 2.75) is 38.8 Å². The van der Waals surface area contributed by atoms with Gasteiger partial charge in [-0.05, 0) is 48.9 Å². The lowest BCUT2D eigenvalue weighted by Crippen LogP contribution is -2.15. The minimum Gasteiger partial charge on any atom is -0.358 e. The summed E-state index contributed by atoms with van der Waals surface area (Å²) in [5, 5.41) is 3.61. The quantitative estimate of drug-likeness (QED) is 0.567. The standard InChI is InChI=1S/C21H21F3N2O/c1-4-20(2,3)18-12-14-11-16(8-9-17(14)26-18)25-19(27)13-6-5-7-15(10-13)21(22,23)24/h5-12,26H,4H2,1-3H3,(H,25,27). The van der Waals surface area contributed by atoms with Gasteiger partial charge in [-0.2, -0.15) is 13.2 Å². The second-order valence-electron chi connectivity index (χ2n) is 7.26. The summed E-state index contributed by atoms with van der Waals surface area (Å²) in [4.78, 5) is 15.7. The smallest absolute Gasteiger partial charge is 0.358 e. The monoisotopic (exact) mass is 374 g/mol. The molecule has 0 bridgehead atoms. The molecule has 27 heavy (non-hydrogen) atoms. The van der Waals surface area contributed by atoms with Gasteiger partial charge in [0.1, 0.15) is 0 Å². The predicted molar refractivity (Wildman–Crippen MR) is 101 cm³/mol. The van der Waals surface area contributed by atoms with E-state index in [2.05, 4.69) is 31.1 Å². The molecule has 0 aliphatic rings. The molecule has 3 nitrogen and oxygen atoms in total. The Morgan fingerprint density at radius 1 is 1.07 bits per heavy atom. The fraction of sp³-hybridized carbons (Fsp3) is 0.286. The fourth-order valence-corrected chi connectivity index (χ4v) is 2.81. The van der Waals surface area contributed by atoms with Gasteiger partial charge in [-0.1, -0.05) is 26.8 Å². The van der Waals surface area contributed by atoms with Crippen LogP contribution in [0.4, 0.5) is 18.9 Å². The zero-order chi connectivity index (χ0) is 19.8. The molecule has 0 aliphatic heterocycles. The van der Waals surface area contributed by atoms with Gasteiger partial charge in [-0.3, -0.25) is 4.79 Å². The van der Waals surface area contributed by atoms with E-state index in [-0.39, 0.29) is 11.0 Å². The number of alkyl halides is 3. The van der Waals surface area contributed by atoms with E-state index >= 15 is 0 Å². The molecule has 3 aromatic rings. The number of rotatable bonds is 4. The zero-order valence-electron chi connectivity index (χ0n) is 15.4. The van der Waals surface area contributed by atoms with E-state index < -0.39 is 17.6 Å². The van der Waals surface area contributed by atoms with Crippen molar-refractivity contribution in [1.29, 1.82) is 0 Å². The van der Waals surface area contributed by atoms with Crippen molar-refractivity contribution >= 4 is 22.5 Å². The highest BCUT2D eigenvalue weighted by molar-refractivity contribution is 6.05. The maximum absolute atomic E-state index is 12.8. The molecule has 0 unspecified atom stereocenters. The maximum Gasteiger partial charge on any atom is 0.416 e. The van der Waals surface area contributed by atoms with Crippen LogP contribution < -0.4 is 5.32 Å². The third-order valence-electron chi connectivity index (χ3n) is 4.94. The second-order valence-corrected chi connectivity index (χ2v) is 7.26. The Hall–Kier alpha value is -2.76. The highest BCUT2D eigenvalue weighted by atomic mass is 19.4. The highest BCUT2D eigenvalue weighted by Gasteiger charge is 2.30. The topological polar surface area (TPSA) is 44.9 Å². The molecule has 1 amide bonds. The van der Waals surface area contributed by atoms with E-state index in [1.54, 1.807) is 6.07 Å². The molecular weight excluding hydrogens is 353 g/mol. The number of benzene rings is 2. The van der Waals surface area contributed by atoms with Crippen LogP contribution in [-0.2, 0) is 11.6 Å². The number of hydrogen-bond acceptors (Lipinski definition) is 1. The van der Waals surface area contributed by atoms with Crippen molar-refractivity contribution in [3.8, 4) is 0 Å². The number of anilines is 1. The van der Waals surface area contributed by atoms with Crippen LogP contribution >= 0.6 is 0 Å². The number of amides is 1. The van der Waals surface area contributed by atoms with Gasteiger partial charge in [0.25, 0.3) is 5.91 Å². The highest BCUT2D eigenvalue weighted by Crippen LogP contribution is 2.31. The van der Waals surface area contributed by atoms with Gasteiger partial charge >= 0.3 is 6.18 Å². The largest absolute Gasteiger partial charge is 0.416 e. The molecule has 1 aromatic heterocycles. The first-order valence-electron chi connectivity index (χ1n) is 8.72. The van der Waals surface area contributed by atoms with Gasteiger partial charge in [0.05, 0.1) is 5.56 Å². The molecule has 2 N–H and O–H groups in total. The number of H-pyrrole nitrogens is 1. The van der Waals surface area contributed by atoms with Crippen LogP contribution in [0.5, 0.6) is 0 Å². The van der Waals surface area contributed by atoms with Crippen LogP contribution in [-0.4, -0.2) is 10.9 Å². The first-order valence-corrected chi connectivity index (χ1v) is 8.72. The van der Waals surface area contributed by atoms with Crippen LogP contribution in [0.25, 0.3) is 10.9 Å². The lowest BCUT2D eigenvalue weighted by Gasteiger charge is -2.20. The molecule has 0 radical (unpaired) electrons. The number of carbonyl (C=O) groups excluding carboxylic acids is 1. The summed E-state index contributed by atoms with van der Waals surface area (Å²) in [6.45, 7) is 6.41. The maximum atomic E-state index is 12.8. The number of hydrogen-bond donors (Lipinski definition) is 2. The Morgan fingerprint density at radius 3 is 2.48 bits per heavy atom. The number of carbonyl (C=O) groups is 1. The molecule has 0 atom stereocenters. The Morgan fingerprint density at radius 2 is 1.81 bits per heavy atom. The van der Waals surface area contributed by atoms with Crippen molar-refractivity contribution in [3.63, 3.8) is 0 Å². The average Bonchev–Trinajstić information content (AvgIpc) is 3.05. The summed E-state index contributed by atoms with van der Waals surface area (Å²) in [6.07, 6.45) is -3.51. The SMILES string of the molecule is CCC(C)(C)c1cc2cc(NC(=O)c3cccc(C(F)(F)F)c3)ccc2[nH]1. The lowest BCUT2D eigenvalue weighted by molar-refractivity contribution is -0.137. The van der Waals surface area contributed by atoms with Gasteiger partial charge in [0, 0.05) is 33.3 Å². The molecule has 2 aromatic carbocycles. The Kier molecular flexibility index (Phi) is 4.76. The van der Waals surface area contributed by atoms with Gasteiger partial charge in [-0.15, -0.1) is 0 Å². The van der Waals surface area contributed by atoms with Gasteiger partial charge in [0.15, 0.2) is 0 Å². The van der Waals surface area contributed by atoms with E-state index in [9.17, 15) is 18.0 Å². The van der Waals surface area contributed by atoms with E-state index in [0.717, 1.165) is 35.2 Å². The first kappa shape index (κ1) is 19.0. The molecule has 0 fully saturated rings. The summed E-state index contributed by atoms with van der Waals surface area (Å²) in [7, 11) is 0. The summed E-state index contributed by atoms with van der Waals surface area (Å²) in [6, 6.07) is 11.8. The molecule has 6 heteroatoms. The molecule has 0 saturated heterocycles. The average molecular weight is 374 g/mol. The number of halogens is 3. The summed E-state index contributed by atoms with van der Waals surface area (Å²) in [5.74, 6) is -0.579. The van der Waals surface area contributed by atoms with Gasteiger partial charge < -0.3 is 10.3 Å². The van der Waals surface area contributed by atoms with Crippen molar-refractivity contribution in [1.82, 2.24) is 4.98 Å². The van der Waals surface area contributed by atoms with Gasteiger partial charge in [0.2, 0.25) is 0 Å². The van der Waals surface area contributed by atoms with Crippen LogP contribution in [0, 0.1) is 0 Å². The number of fused-ring (bicyclic) bond motifs is 1. The minimum atomic E-state index is -4.48. The third-order valence-corrected chi connectivity index (χ3v) is 4.94. The van der Waals surface area contributed by atoms with E-state index in [1.165, 1.54) is 12.1 Å². The Balaban J connectivity index is 1.85. The molecule has 0 aliphatic carbocycles. The normalized spacial score (nSPS) is 12.4. The van der Waals surface area contributed by atoms with Gasteiger partial charge in [-0.25, -0.2) is 0 Å². The number of aromatic nitrogens is 1.